The molecular weight excluding hydrogens is 200 g/mol. The van der Waals surface area contributed by atoms with Crippen molar-refractivity contribution in [3.8, 4) is 0 Å². The number of aromatic nitrogens is 3. The lowest BCUT2D eigenvalue weighted by atomic mass is 10.0. The van der Waals surface area contributed by atoms with Crippen LogP contribution in [-0.4, -0.2) is 15.2 Å². The molecule has 2 aromatic heterocycles. The van der Waals surface area contributed by atoms with Gasteiger partial charge in [0.05, 0.1) is 16.4 Å². The zero-order valence-corrected chi connectivity index (χ0v) is 9.20. The third-order valence-corrected chi connectivity index (χ3v) is 2.88. The molecule has 0 radical (unpaired) electrons. The van der Waals surface area contributed by atoms with E-state index in [0.29, 0.717) is 5.82 Å². The summed E-state index contributed by atoms with van der Waals surface area (Å²) in [4.78, 5) is 4.42. The van der Waals surface area contributed by atoms with Gasteiger partial charge >= 0.3 is 0 Å². The fraction of sp³-hybridized carbons (Fsp3) is 0.167. The van der Waals surface area contributed by atoms with Crippen LogP contribution in [0.15, 0.2) is 18.3 Å². The Morgan fingerprint density at radius 3 is 2.88 bits per heavy atom. The number of hydrogen-bond acceptors (Lipinski definition) is 3. The average Bonchev–Trinajstić information content (AvgIpc) is 2.59. The molecule has 4 nitrogen and oxygen atoms in total. The van der Waals surface area contributed by atoms with Crippen LogP contribution in [0.1, 0.15) is 11.1 Å². The molecular formula is C12H12N4. The van der Waals surface area contributed by atoms with Gasteiger partial charge in [-0.05, 0) is 31.0 Å². The molecule has 0 saturated heterocycles. The minimum Gasteiger partial charge on any atom is -0.382 e. The zero-order valence-electron chi connectivity index (χ0n) is 9.20. The highest BCUT2D eigenvalue weighted by Crippen LogP contribution is 2.28. The van der Waals surface area contributed by atoms with Gasteiger partial charge in [-0.2, -0.15) is 5.10 Å². The Bertz CT molecular complexity index is 697. The predicted octanol–water partition coefficient (Wildman–Crippen LogP) is 2.31. The number of H-pyrrole nitrogens is 1. The van der Waals surface area contributed by atoms with Crippen LogP contribution >= 0.6 is 0 Å². The summed E-state index contributed by atoms with van der Waals surface area (Å²) < 4.78 is 0. The van der Waals surface area contributed by atoms with Gasteiger partial charge in [0.15, 0.2) is 5.82 Å². The quantitative estimate of drug-likeness (QED) is 0.600. The highest BCUT2D eigenvalue weighted by molar-refractivity contribution is 6.07. The van der Waals surface area contributed by atoms with Crippen LogP contribution in [0.25, 0.3) is 21.8 Å². The Kier molecular flexibility index (Phi) is 1.68. The van der Waals surface area contributed by atoms with Crippen molar-refractivity contribution < 1.29 is 0 Å². The highest BCUT2D eigenvalue weighted by Gasteiger charge is 2.09. The number of rotatable bonds is 0. The van der Waals surface area contributed by atoms with E-state index in [1.165, 1.54) is 11.1 Å². The number of anilines is 1. The van der Waals surface area contributed by atoms with E-state index in [9.17, 15) is 0 Å². The van der Waals surface area contributed by atoms with Gasteiger partial charge in [-0.1, -0.05) is 6.07 Å². The van der Waals surface area contributed by atoms with Crippen molar-refractivity contribution in [1.29, 1.82) is 0 Å². The monoisotopic (exact) mass is 212 g/mol. The summed E-state index contributed by atoms with van der Waals surface area (Å²) in [5, 5.41) is 8.99. The Hall–Kier alpha value is -2.10. The van der Waals surface area contributed by atoms with Crippen LogP contribution in [0.2, 0.25) is 0 Å². The van der Waals surface area contributed by atoms with Crippen LogP contribution < -0.4 is 5.73 Å². The fourth-order valence-electron chi connectivity index (χ4n) is 2.19. The minimum atomic E-state index is 0.504. The van der Waals surface area contributed by atoms with E-state index in [0.717, 1.165) is 21.8 Å². The van der Waals surface area contributed by atoms with Gasteiger partial charge in [0.1, 0.15) is 0 Å². The van der Waals surface area contributed by atoms with Gasteiger partial charge in [-0.25, -0.2) is 0 Å². The molecule has 0 unspecified atom stereocenters. The minimum absolute atomic E-state index is 0.504. The average molecular weight is 212 g/mol. The normalized spacial score (nSPS) is 11.4. The Balaban J connectivity index is 2.60. The first-order valence-corrected chi connectivity index (χ1v) is 5.16. The second-order valence-corrected chi connectivity index (χ2v) is 4.13. The summed E-state index contributed by atoms with van der Waals surface area (Å²) in [5.41, 5.74) is 10.1. The maximum atomic E-state index is 5.76. The summed E-state index contributed by atoms with van der Waals surface area (Å²) in [6.07, 6.45) is 1.77. The van der Waals surface area contributed by atoms with Gasteiger partial charge in [-0.15, -0.1) is 0 Å². The van der Waals surface area contributed by atoms with Crippen LogP contribution in [0.4, 0.5) is 5.82 Å². The number of pyridine rings is 1. The highest BCUT2D eigenvalue weighted by atomic mass is 15.2. The summed E-state index contributed by atoms with van der Waals surface area (Å²) in [6, 6.07) is 4.21. The lowest BCUT2D eigenvalue weighted by Crippen LogP contribution is -1.87. The van der Waals surface area contributed by atoms with Crippen molar-refractivity contribution in [2.24, 2.45) is 0 Å². The van der Waals surface area contributed by atoms with E-state index in [1.54, 1.807) is 6.20 Å². The summed E-state index contributed by atoms with van der Waals surface area (Å²) >= 11 is 0. The number of nitrogens with one attached hydrogen (secondary N) is 1. The van der Waals surface area contributed by atoms with Crippen molar-refractivity contribution in [3.63, 3.8) is 0 Å². The third kappa shape index (κ3) is 1.10. The maximum Gasteiger partial charge on any atom is 0.154 e. The first kappa shape index (κ1) is 9.15. The molecule has 0 aliphatic rings. The molecule has 16 heavy (non-hydrogen) atoms. The molecule has 4 heteroatoms. The number of aryl methyl sites for hydroxylation is 2. The molecule has 0 bridgehead atoms. The second-order valence-electron chi connectivity index (χ2n) is 4.13. The van der Waals surface area contributed by atoms with Crippen molar-refractivity contribution in [1.82, 2.24) is 15.2 Å². The van der Waals surface area contributed by atoms with Gasteiger partial charge in [0.2, 0.25) is 0 Å². The molecule has 1 aromatic carbocycles. The third-order valence-electron chi connectivity index (χ3n) is 2.88. The van der Waals surface area contributed by atoms with Gasteiger partial charge in [-0.3, -0.25) is 10.1 Å². The fourth-order valence-corrected chi connectivity index (χ4v) is 2.19. The van der Waals surface area contributed by atoms with Crippen molar-refractivity contribution in [2.45, 2.75) is 13.8 Å². The molecule has 0 aliphatic heterocycles. The lowest BCUT2D eigenvalue weighted by molar-refractivity contribution is 1.13. The van der Waals surface area contributed by atoms with E-state index in [-0.39, 0.29) is 0 Å². The van der Waals surface area contributed by atoms with E-state index in [2.05, 4.69) is 41.2 Å². The maximum absolute atomic E-state index is 5.76. The SMILES string of the molecule is Cc1cc(C)c2c(c1)ncc1c(N)n[nH]c12. The molecule has 80 valence electrons. The van der Waals surface area contributed by atoms with Crippen LogP contribution in [0.3, 0.4) is 0 Å². The van der Waals surface area contributed by atoms with Gasteiger partial charge in [0.25, 0.3) is 0 Å². The summed E-state index contributed by atoms with van der Waals surface area (Å²) in [6.45, 7) is 4.15. The van der Waals surface area contributed by atoms with Crippen molar-refractivity contribution in [3.05, 3.63) is 29.5 Å². The molecule has 0 fully saturated rings. The first-order chi connectivity index (χ1) is 7.66. The molecule has 0 amide bonds. The van der Waals surface area contributed by atoms with Crippen LogP contribution in [0.5, 0.6) is 0 Å². The summed E-state index contributed by atoms with van der Waals surface area (Å²) in [5.74, 6) is 0.504. The first-order valence-electron chi connectivity index (χ1n) is 5.16. The second kappa shape index (κ2) is 2.95. The zero-order chi connectivity index (χ0) is 11.3. The largest absolute Gasteiger partial charge is 0.382 e. The molecule has 0 spiro atoms. The number of nitrogens with zero attached hydrogens (tertiary/aromatic N) is 2. The predicted molar refractivity (Wildman–Crippen MR) is 65.3 cm³/mol. The van der Waals surface area contributed by atoms with Crippen molar-refractivity contribution >= 4 is 27.6 Å². The molecule has 3 rings (SSSR count). The smallest absolute Gasteiger partial charge is 0.154 e. The van der Waals surface area contributed by atoms with Gasteiger partial charge < -0.3 is 5.73 Å². The van der Waals surface area contributed by atoms with Crippen LogP contribution in [-0.2, 0) is 0 Å². The number of benzene rings is 1. The van der Waals surface area contributed by atoms with Crippen molar-refractivity contribution in [2.75, 3.05) is 5.73 Å². The van der Waals surface area contributed by atoms with E-state index in [4.69, 9.17) is 5.73 Å². The lowest BCUT2D eigenvalue weighted by Gasteiger charge is -2.04. The molecule has 3 N–H and O–H groups in total. The number of fused-ring (bicyclic) bond motifs is 3. The van der Waals surface area contributed by atoms with E-state index >= 15 is 0 Å². The molecule has 0 aliphatic carbocycles. The number of aromatic amines is 1. The van der Waals surface area contributed by atoms with E-state index < -0.39 is 0 Å². The Morgan fingerprint density at radius 1 is 1.25 bits per heavy atom. The van der Waals surface area contributed by atoms with Gasteiger partial charge in [0, 0.05) is 11.6 Å². The summed E-state index contributed by atoms with van der Waals surface area (Å²) in [7, 11) is 0. The van der Waals surface area contributed by atoms with Crippen LogP contribution in [0, 0.1) is 13.8 Å². The Labute approximate surface area is 92.5 Å². The van der Waals surface area contributed by atoms with E-state index in [1.807, 2.05) is 0 Å². The number of nitrogen functional groups attached to an aromatic ring is 1. The molecule has 2 heterocycles. The standard InChI is InChI=1S/C12H12N4/c1-6-3-7(2)10-9(4-6)14-5-8-11(10)15-16-12(8)13/h3-5H,1-2H3,(H3,13,15,16). The Morgan fingerprint density at radius 2 is 2.06 bits per heavy atom. The molecule has 0 saturated carbocycles. The molecule has 3 aromatic rings. The number of hydrogen-bond donors (Lipinski definition) is 2. The molecule has 0 atom stereocenters. The topological polar surface area (TPSA) is 67.6 Å². The number of nitrogens with two attached hydrogens (primary N) is 1.